The van der Waals surface area contributed by atoms with Crippen LogP contribution >= 0.6 is 11.6 Å². The third-order valence-corrected chi connectivity index (χ3v) is 3.90. The van der Waals surface area contributed by atoms with E-state index in [4.69, 9.17) is 16.9 Å². The summed E-state index contributed by atoms with van der Waals surface area (Å²) in [5.41, 5.74) is 1.55. The van der Waals surface area contributed by atoms with Crippen molar-refractivity contribution < 1.29 is 0 Å². The summed E-state index contributed by atoms with van der Waals surface area (Å²) in [7, 11) is 0. The number of anilines is 1. The minimum atomic E-state index is 0.506. The number of nitrogens with one attached hydrogen (secondary N) is 1. The minimum Gasteiger partial charge on any atom is -0.381 e. The second-order valence-corrected chi connectivity index (χ2v) is 5.14. The van der Waals surface area contributed by atoms with Gasteiger partial charge in [0.2, 0.25) is 0 Å². The molecule has 2 rings (SSSR count). The topological polar surface area (TPSA) is 35.8 Å². The zero-order chi connectivity index (χ0) is 12.3. The first-order valence-electron chi connectivity index (χ1n) is 6.19. The minimum absolute atomic E-state index is 0.506. The Morgan fingerprint density at radius 1 is 1.47 bits per heavy atom. The fraction of sp³-hybridized carbons (Fsp3) is 0.500. The summed E-state index contributed by atoms with van der Waals surface area (Å²) < 4.78 is 0. The highest BCUT2D eigenvalue weighted by Crippen LogP contribution is 2.32. The molecule has 1 saturated carbocycles. The van der Waals surface area contributed by atoms with Crippen molar-refractivity contribution in [1.29, 1.82) is 5.26 Å². The average Bonchev–Trinajstić information content (AvgIpc) is 2.80. The molecule has 90 valence electrons. The molecular formula is C14H17ClN2. The molecular weight excluding hydrogens is 232 g/mol. The Morgan fingerprint density at radius 3 is 2.94 bits per heavy atom. The van der Waals surface area contributed by atoms with Gasteiger partial charge in [-0.2, -0.15) is 5.26 Å². The number of benzene rings is 1. The van der Waals surface area contributed by atoms with Crippen molar-refractivity contribution in [3.8, 4) is 6.07 Å². The first-order chi connectivity index (χ1) is 8.22. The van der Waals surface area contributed by atoms with Crippen LogP contribution in [0.4, 0.5) is 5.69 Å². The molecule has 17 heavy (non-hydrogen) atoms. The molecule has 0 saturated heterocycles. The van der Waals surface area contributed by atoms with Crippen LogP contribution in [-0.2, 0) is 0 Å². The Kier molecular flexibility index (Phi) is 3.91. The van der Waals surface area contributed by atoms with E-state index < -0.39 is 0 Å². The summed E-state index contributed by atoms with van der Waals surface area (Å²) in [6.45, 7) is 2.25. The lowest BCUT2D eigenvalue weighted by molar-refractivity contribution is 0.525. The van der Waals surface area contributed by atoms with Gasteiger partial charge >= 0.3 is 0 Å². The maximum Gasteiger partial charge on any atom is 0.0992 e. The smallest absolute Gasteiger partial charge is 0.0992 e. The van der Waals surface area contributed by atoms with Gasteiger partial charge in [0.1, 0.15) is 0 Å². The van der Waals surface area contributed by atoms with Gasteiger partial charge in [0, 0.05) is 6.04 Å². The Labute approximate surface area is 108 Å². The van der Waals surface area contributed by atoms with E-state index >= 15 is 0 Å². The van der Waals surface area contributed by atoms with Gasteiger partial charge in [-0.15, -0.1) is 0 Å². The second-order valence-electron chi connectivity index (χ2n) is 4.74. The van der Waals surface area contributed by atoms with Crippen molar-refractivity contribution in [1.82, 2.24) is 0 Å². The molecule has 0 bridgehead atoms. The van der Waals surface area contributed by atoms with Crippen molar-refractivity contribution in [2.45, 2.75) is 38.6 Å². The van der Waals surface area contributed by atoms with Crippen LogP contribution in [0.25, 0.3) is 0 Å². The molecule has 0 spiro atoms. The third-order valence-electron chi connectivity index (χ3n) is 3.57. The van der Waals surface area contributed by atoms with Crippen LogP contribution in [0.3, 0.4) is 0 Å². The predicted molar refractivity (Wildman–Crippen MR) is 71.2 cm³/mol. The Hall–Kier alpha value is -1.20. The Morgan fingerprint density at radius 2 is 2.29 bits per heavy atom. The van der Waals surface area contributed by atoms with E-state index in [1.807, 2.05) is 6.07 Å². The summed E-state index contributed by atoms with van der Waals surface area (Å²) in [6, 6.07) is 8.02. The molecule has 3 heteroatoms. The highest BCUT2D eigenvalue weighted by molar-refractivity contribution is 6.33. The average molecular weight is 249 g/mol. The molecule has 1 aromatic rings. The normalized spacial score (nSPS) is 23.4. The van der Waals surface area contributed by atoms with E-state index in [9.17, 15) is 0 Å². The first kappa shape index (κ1) is 12.3. The second kappa shape index (κ2) is 5.42. The van der Waals surface area contributed by atoms with Gasteiger partial charge in [-0.05, 0) is 43.4 Å². The molecule has 0 amide bonds. The Bertz CT molecular complexity index is 436. The number of hydrogen-bond donors (Lipinski definition) is 1. The Balaban J connectivity index is 2.06. The lowest BCUT2D eigenvalue weighted by Crippen LogP contribution is -2.15. The van der Waals surface area contributed by atoms with E-state index in [2.05, 4.69) is 18.3 Å². The molecule has 0 radical (unpaired) electrons. The van der Waals surface area contributed by atoms with Crippen LogP contribution in [0, 0.1) is 17.2 Å². The quantitative estimate of drug-likeness (QED) is 0.870. The maximum atomic E-state index is 8.87. The van der Waals surface area contributed by atoms with Crippen molar-refractivity contribution in [3.05, 3.63) is 28.8 Å². The summed E-state index contributed by atoms with van der Waals surface area (Å²) in [6.07, 6.45) is 4.96. The molecule has 0 heterocycles. The van der Waals surface area contributed by atoms with Crippen LogP contribution in [0.5, 0.6) is 0 Å². The molecule has 1 aromatic carbocycles. The molecule has 1 N–H and O–H groups in total. The summed E-state index contributed by atoms with van der Waals surface area (Å²) in [5.74, 6) is 0.838. The molecule has 1 aliphatic rings. The summed E-state index contributed by atoms with van der Waals surface area (Å²) in [5, 5.41) is 13.0. The number of halogens is 1. The highest BCUT2D eigenvalue weighted by Gasteiger charge is 2.23. The zero-order valence-electron chi connectivity index (χ0n) is 10.0. The monoisotopic (exact) mass is 248 g/mol. The molecule has 0 aromatic heterocycles. The van der Waals surface area contributed by atoms with Gasteiger partial charge in [0.25, 0.3) is 0 Å². The fourth-order valence-electron chi connectivity index (χ4n) is 2.50. The molecule has 1 aliphatic carbocycles. The zero-order valence-corrected chi connectivity index (χ0v) is 10.8. The molecule has 2 atom stereocenters. The van der Waals surface area contributed by atoms with Gasteiger partial charge in [-0.25, -0.2) is 0 Å². The van der Waals surface area contributed by atoms with Crippen LogP contribution < -0.4 is 5.32 Å². The van der Waals surface area contributed by atoms with Gasteiger partial charge < -0.3 is 5.32 Å². The molecule has 2 unspecified atom stereocenters. The van der Waals surface area contributed by atoms with Gasteiger partial charge in [0.15, 0.2) is 0 Å². The van der Waals surface area contributed by atoms with Crippen molar-refractivity contribution in [2.75, 3.05) is 5.32 Å². The van der Waals surface area contributed by atoms with E-state index in [1.54, 1.807) is 12.1 Å². The van der Waals surface area contributed by atoms with Crippen LogP contribution in [0.2, 0.25) is 5.02 Å². The fourth-order valence-corrected chi connectivity index (χ4v) is 2.67. The van der Waals surface area contributed by atoms with Crippen LogP contribution in [0.1, 0.15) is 38.2 Å². The van der Waals surface area contributed by atoms with E-state index in [-0.39, 0.29) is 0 Å². The molecule has 0 aliphatic heterocycles. The van der Waals surface area contributed by atoms with E-state index in [1.165, 1.54) is 25.7 Å². The predicted octanol–water partition coefficient (Wildman–Crippen LogP) is 4.20. The highest BCUT2D eigenvalue weighted by atomic mass is 35.5. The lowest BCUT2D eigenvalue weighted by atomic mass is 10.1. The molecule has 2 nitrogen and oxygen atoms in total. The third kappa shape index (κ3) is 2.92. The van der Waals surface area contributed by atoms with Crippen LogP contribution in [-0.4, -0.2) is 6.04 Å². The van der Waals surface area contributed by atoms with Gasteiger partial charge in [0.05, 0.1) is 22.3 Å². The first-order valence-corrected chi connectivity index (χ1v) is 6.57. The summed E-state index contributed by atoms with van der Waals surface area (Å²) >= 11 is 6.13. The largest absolute Gasteiger partial charge is 0.381 e. The lowest BCUT2D eigenvalue weighted by Gasteiger charge is -2.15. The van der Waals surface area contributed by atoms with Gasteiger partial charge in [-0.3, -0.25) is 0 Å². The van der Waals surface area contributed by atoms with Crippen molar-refractivity contribution in [2.24, 2.45) is 5.92 Å². The van der Waals surface area contributed by atoms with E-state index in [0.29, 0.717) is 16.6 Å². The van der Waals surface area contributed by atoms with Gasteiger partial charge in [-0.1, -0.05) is 24.9 Å². The number of hydrogen-bond acceptors (Lipinski definition) is 2. The standard InChI is InChI=1S/C14H17ClN2/c1-2-10-3-5-12(7-10)17-14-8-11(9-16)4-6-13(14)15/h4,6,8,10,12,17H,2-3,5,7H2,1H3. The number of nitrogens with zero attached hydrogens (tertiary/aromatic N) is 1. The SMILES string of the molecule is CCC1CCC(Nc2cc(C#N)ccc2Cl)C1. The molecule has 1 fully saturated rings. The van der Waals surface area contributed by atoms with Crippen LogP contribution in [0.15, 0.2) is 18.2 Å². The summed E-state index contributed by atoms with van der Waals surface area (Å²) in [4.78, 5) is 0. The number of nitriles is 1. The number of rotatable bonds is 3. The van der Waals surface area contributed by atoms with Crippen molar-refractivity contribution >= 4 is 17.3 Å². The van der Waals surface area contributed by atoms with E-state index in [0.717, 1.165) is 11.6 Å². The maximum absolute atomic E-state index is 8.87. The van der Waals surface area contributed by atoms with Crippen molar-refractivity contribution in [3.63, 3.8) is 0 Å².